The molecule has 1 atom stereocenters. The fourth-order valence-electron chi connectivity index (χ4n) is 5.00. The summed E-state index contributed by atoms with van der Waals surface area (Å²) in [5, 5.41) is 22.1. The Labute approximate surface area is 251 Å². The molecule has 1 aromatic heterocycles. The quantitative estimate of drug-likeness (QED) is 0.0829. The number of unbranched alkanes of at least 4 members (excludes halogenated alkanes) is 2. The number of rotatable bonds is 16. The third-order valence-electron chi connectivity index (χ3n) is 6.98. The zero-order valence-corrected chi connectivity index (χ0v) is 24.6. The van der Waals surface area contributed by atoms with Crippen molar-refractivity contribution in [2.75, 3.05) is 6.54 Å². The lowest BCUT2D eigenvalue weighted by Gasteiger charge is -2.19. The van der Waals surface area contributed by atoms with E-state index in [4.69, 9.17) is 22.0 Å². The summed E-state index contributed by atoms with van der Waals surface area (Å²) in [5.41, 5.74) is 13.8. The smallest absolute Gasteiger partial charge is 0.303 e. The molecule has 0 spiro atoms. The second kappa shape index (κ2) is 15.3. The molecule has 1 heterocycles. The van der Waals surface area contributed by atoms with Crippen LogP contribution in [0.2, 0.25) is 0 Å². The number of carboxylic acid groups (broad SMARTS) is 1. The van der Waals surface area contributed by atoms with E-state index in [0.29, 0.717) is 36.2 Å². The number of primary amides is 1. The van der Waals surface area contributed by atoms with E-state index in [1.54, 1.807) is 0 Å². The Hall–Kier alpha value is -4.93. The molecule has 0 aliphatic heterocycles. The highest BCUT2D eigenvalue weighted by molar-refractivity contribution is 6.14. The van der Waals surface area contributed by atoms with E-state index in [0.717, 1.165) is 18.4 Å². The van der Waals surface area contributed by atoms with Crippen LogP contribution in [0.1, 0.15) is 79.3 Å². The maximum Gasteiger partial charge on any atom is 0.303 e. The maximum atomic E-state index is 14.1. The lowest BCUT2D eigenvalue weighted by atomic mass is 9.96. The molecule has 0 aliphatic carbocycles. The van der Waals surface area contributed by atoms with Crippen LogP contribution in [0.25, 0.3) is 22.4 Å². The van der Waals surface area contributed by atoms with Gasteiger partial charge in [0.25, 0.3) is 11.8 Å². The summed E-state index contributed by atoms with van der Waals surface area (Å²) in [4.78, 5) is 51.5. The Balaban J connectivity index is 2.20. The van der Waals surface area contributed by atoms with Crippen LogP contribution in [0.5, 0.6) is 0 Å². The first-order valence-electron chi connectivity index (χ1n) is 14.3. The molecule has 0 radical (unpaired) electrons. The normalized spacial score (nSPS) is 11.6. The van der Waals surface area contributed by atoms with Crippen molar-refractivity contribution in [1.82, 2.24) is 15.2 Å². The van der Waals surface area contributed by atoms with Gasteiger partial charge in [-0.3, -0.25) is 24.6 Å². The first-order valence-corrected chi connectivity index (χ1v) is 14.3. The number of hydrogen-bond acceptors (Lipinski definition) is 5. The number of carbonyl (C=O) groups is 4. The van der Waals surface area contributed by atoms with Crippen LogP contribution in [-0.2, 0) is 9.59 Å². The second-order valence-electron chi connectivity index (χ2n) is 10.6. The van der Waals surface area contributed by atoms with Crippen molar-refractivity contribution in [3.63, 3.8) is 0 Å². The summed E-state index contributed by atoms with van der Waals surface area (Å²) in [6.07, 6.45) is 2.04. The predicted octanol–water partition coefficient (Wildman–Crippen LogP) is 4.08. The number of carbonyl (C=O) groups excluding carboxylic acids is 3. The van der Waals surface area contributed by atoms with E-state index in [2.05, 4.69) is 10.6 Å². The molecular weight excluding hydrogens is 548 g/mol. The first kappa shape index (κ1) is 32.6. The molecule has 0 bridgehead atoms. The minimum absolute atomic E-state index is 0.0643. The fraction of sp³-hybridized carbons (Fsp3) is 0.344. The Bertz CT molecular complexity index is 1450. The van der Waals surface area contributed by atoms with Crippen molar-refractivity contribution in [2.24, 2.45) is 11.5 Å². The zero-order valence-electron chi connectivity index (χ0n) is 24.6. The highest BCUT2D eigenvalue weighted by atomic mass is 16.4. The number of aliphatic carboxylic acids is 1. The van der Waals surface area contributed by atoms with Gasteiger partial charge in [-0.05, 0) is 44.2 Å². The van der Waals surface area contributed by atoms with Gasteiger partial charge in [0.2, 0.25) is 5.91 Å². The number of nitrogens with one attached hydrogen (secondary N) is 3. The topological polar surface area (TPSA) is 193 Å². The standard InChI is InChI=1S/C32H40N6O5/c1-20(2)38-28(22-14-8-4-9-15-22)26(21-12-6-3-7-13-21)27(31(42)37-23(30(35)41)17-18-25(39)40)29(38)32(43)36-19-11-5-10-16-24(33)34/h3-4,6-9,12-15,20,23H,5,10-11,16-19H2,1-2H3,(H3,33,34)(H2,35,41)(H,36,43)(H,37,42)(H,39,40)/t23-/m0/s1. The molecule has 11 nitrogen and oxygen atoms in total. The molecule has 0 aliphatic rings. The third kappa shape index (κ3) is 8.54. The Kier molecular flexibility index (Phi) is 11.6. The van der Waals surface area contributed by atoms with Gasteiger partial charge in [0, 0.05) is 31.0 Å². The molecule has 0 fully saturated rings. The molecule has 3 rings (SSSR count). The van der Waals surface area contributed by atoms with Gasteiger partial charge in [0.05, 0.1) is 17.1 Å². The average Bonchev–Trinajstić information content (AvgIpc) is 3.34. The molecule has 43 heavy (non-hydrogen) atoms. The Morgan fingerprint density at radius 2 is 1.47 bits per heavy atom. The van der Waals surface area contributed by atoms with E-state index in [1.165, 1.54) is 0 Å². The zero-order chi connectivity index (χ0) is 31.5. The summed E-state index contributed by atoms with van der Waals surface area (Å²) in [5.74, 6) is -3.07. The minimum atomic E-state index is -1.26. The van der Waals surface area contributed by atoms with Crippen LogP contribution in [0.3, 0.4) is 0 Å². The van der Waals surface area contributed by atoms with E-state index >= 15 is 0 Å². The highest BCUT2D eigenvalue weighted by Gasteiger charge is 2.34. The van der Waals surface area contributed by atoms with E-state index in [1.807, 2.05) is 79.1 Å². The number of amidine groups is 1. The van der Waals surface area contributed by atoms with Gasteiger partial charge < -0.3 is 31.8 Å². The fourth-order valence-corrected chi connectivity index (χ4v) is 5.00. The summed E-state index contributed by atoms with van der Waals surface area (Å²) in [7, 11) is 0. The SMILES string of the molecule is CC(C)n1c(C(=O)NCCCCCC(=N)N)c(C(=O)N[C@@H](CCC(=O)O)C(N)=O)c(-c2ccccc2)c1-c1ccccc1. The summed E-state index contributed by atoms with van der Waals surface area (Å²) in [6, 6.07) is 17.1. The van der Waals surface area contributed by atoms with Crippen molar-refractivity contribution in [3.05, 3.63) is 71.9 Å². The summed E-state index contributed by atoms with van der Waals surface area (Å²) in [6.45, 7) is 4.17. The van der Waals surface area contributed by atoms with Crippen molar-refractivity contribution in [1.29, 1.82) is 5.41 Å². The molecule has 0 unspecified atom stereocenters. The number of carboxylic acids is 1. The van der Waals surface area contributed by atoms with E-state index in [-0.39, 0.29) is 36.0 Å². The van der Waals surface area contributed by atoms with Crippen molar-refractivity contribution >= 4 is 29.5 Å². The average molecular weight is 589 g/mol. The van der Waals surface area contributed by atoms with Gasteiger partial charge in [-0.2, -0.15) is 0 Å². The van der Waals surface area contributed by atoms with Crippen LogP contribution in [0.4, 0.5) is 0 Å². The highest BCUT2D eigenvalue weighted by Crippen LogP contribution is 2.41. The Morgan fingerprint density at radius 3 is 2.00 bits per heavy atom. The molecule has 228 valence electrons. The number of nitrogens with two attached hydrogens (primary N) is 2. The van der Waals surface area contributed by atoms with Crippen molar-refractivity contribution in [3.8, 4) is 22.4 Å². The van der Waals surface area contributed by atoms with Gasteiger partial charge in [-0.25, -0.2) is 0 Å². The number of amides is 3. The van der Waals surface area contributed by atoms with E-state index in [9.17, 15) is 19.2 Å². The lowest BCUT2D eigenvalue weighted by Crippen LogP contribution is -2.45. The van der Waals surface area contributed by atoms with Gasteiger partial charge in [0.15, 0.2) is 0 Å². The first-order chi connectivity index (χ1) is 20.5. The molecule has 11 heteroatoms. The number of hydrogen-bond donors (Lipinski definition) is 6. The van der Waals surface area contributed by atoms with Crippen molar-refractivity contribution in [2.45, 2.75) is 64.5 Å². The molecule has 0 saturated carbocycles. The number of aromatic nitrogens is 1. The largest absolute Gasteiger partial charge is 0.481 e. The predicted molar refractivity (Wildman–Crippen MR) is 166 cm³/mol. The van der Waals surface area contributed by atoms with Gasteiger partial charge >= 0.3 is 5.97 Å². The Morgan fingerprint density at radius 1 is 0.860 bits per heavy atom. The van der Waals surface area contributed by atoms with Gasteiger partial charge in [-0.1, -0.05) is 67.1 Å². The second-order valence-corrected chi connectivity index (χ2v) is 10.6. The monoisotopic (exact) mass is 588 g/mol. The number of nitrogens with zero attached hydrogens (tertiary/aromatic N) is 1. The maximum absolute atomic E-state index is 14.1. The molecule has 2 aromatic carbocycles. The van der Waals surface area contributed by atoms with Crippen LogP contribution in [-0.4, -0.2) is 51.8 Å². The molecular formula is C32H40N6O5. The molecule has 3 aromatic rings. The van der Waals surface area contributed by atoms with Crippen molar-refractivity contribution < 1.29 is 24.3 Å². The summed E-state index contributed by atoms with van der Waals surface area (Å²) < 4.78 is 1.83. The number of benzene rings is 2. The summed E-state index contributed by atoms with van der Waals surface area (Å²) >= 11 is 0. The van der Waals surface area contributed by atoms with Crippen LogP contribution in [0.15, 0.2) is 60.7 Å². The lowest BCUT2D eigenvalue weighted by molar-refractivity contribution is -0.137. The van der Waals surface area contributed by atoms with Gasteiger partial charge in [-0.15, -0.1) is 0 Å². The minimum Gasteiger partial charge on any atom is -0.481 e. The van der Waals surface area contributed by atoms with Crippen LogP contribution >= 0.6 is 0 Å². The molecule has 3 amide bonds. The van der Waals surface area contributed by atoms with E-state index < -0.39 is 29.7 Å². The third-order valence-corrected chi connectivity index (χ3v) is 6.98. The van der Waals surface area contributed by atoms with Crippen LogP contribution < -0.4 is 22.1 Å². The van der Waals surface area contributed by atoms with Crippen LogP contribution in [0, 0.1) is 5.41 Å². The van der Waals surface area contributed by atoms with Gasteiger partial charge in [0.1, 0.15) is 11.7 Å². The molecule has 0 saturated heterocycles. The molecule has 8 N–H and O–H groups in total.